The second-order valence-corrected chi connectivity index (χ2v) is 5.77. The van der Waals surface area contributed by atoms with Crippen molar-refractivity contribution in [1.29, 1.82) is 0 Å². The number of nitrogens with zero attached hydrogens (tertiary/aromatic N) is 1. The summed E-state index contributed by atoms with van der Waals surface area (Å²) in [5.74, 6) is -1.10. The Bertz CT molecular complexity index is 542. The molecule has 2 rings (SSSR count). The molecular weight excluding hydrogens is 270 g/mol. The van der Waals surface area contributed by atoms with Crippen molar-refractivity contribution in [2.45, 2.75) is 58.1 Å². The zero-order chi connectivity index (χ0) is 15.6. The van der Waals surface area contributed by atoms with Gasteiger partial charge in [0, 0.05) is 24.4 Å². The summed E-state index contributed by atoms with van der Waals surface area (Å²) in [5, 5.41) is 9.37. The zero-order valence-electron chi connectivity index (χ0n) is 12.9. The molecule has 1 saturated heterocycles. The van der Waals surface area contributed by atoms with Gasteiger partial charge in [0.15, 0.2) is 5.78 Å². The van der Waals surface area contributed by atoms with Gasteiger partial charge in [-0.05, 0) is 38.7 Å². The molecule has 116 valence electrons. The number of hydrogen-bond acceptors (Lipinski definition) is 3. The van der Waals surface area contributed by atoms with Gasteiger partial charge >= 0.3 is 5.97 Å². The molecule has 1 aliphatic rings. The zero-order valence-corrected chi connectivity index (χ0v) is 12.9. The Labute approximate surface area is 124 Å². The number of carboxylic acid groups (broad SMARTS) is 1. The van der Waals surface area contributed by atoms with Gasteiger partial charge in [0.1, 0.15) is 5.69 Å². The number of aromatic carboxylic acids is 1. The first-order valence-corrected chi connectivity index (χ1v) is 7.52. The van der Waals surface area contributed by atoms with Crippen LogP contribution in [0, 0.1) is 0 Å². The summed E-state index contributed by atoms with van der Waals surface area (Å²) >= 11 is 0. The maximum Gasteiger partial charge on any atom is 0.352 e. The van der Waals surface area contributed by atoms with E-state index in [1.807, 2.05) is 0 Å². The third-order valence-corrected chi connectivity index (χ3v) is 4.62. The average Bonchev–Trinajstić information content (AvgIpc) is 2.93. The highest BCUT2D eigenvalue weighted by Gasteiger charge is 2.36. The standard InChI is InChI=1S/C16H23NO4/c1-4-16(5-2)9-13(6-7-21-16)17-10-12(11(3)18)8-14(17)15(19)20/h8,10,13H,4-7,9H2,1-3H3,(H,19,20). The highest BCUT2D eigenvalue weighted by Crippen LogP contribution is 2.38. The predicted molar refractivity (Wildman–Crippen MR) is 78.9 cm³/mol. The third-order valence-electron chi connectivity index (χ3n) is 4.62. The lowest BCUT2D eigenvalue weighted by atomic mass is 9.85. The van der Waals surface area contributed by atoms with E-state index in [1.165, 1.54) is 13.0 Å². The SMILES string of the molecule is CCC1(CC)CC(n2cc(C(C)=O)cc2C(=O)O)CCO1. The van der Waals surface area contributed by atoms with Crippen LogP contribution >= 0.6 is 0 Å². The molecule has 2 heterocycles. The molecule has 5 nitrogen and oxygen atoms in total. The number of ether oxygens (including phenoxy) is 1. The summed E-state index contributed by atoms with van der Waals surface area (Å²) in [6, 6.07) is 1.54. The minimum absolute atomic E-state index is 0.0675. The molecule has 1 fully saturated rings. The van der Waals surface area contributed by atoms with Crippen molar-refractivity contribution in [2.24, 2.45) is 0 Å². The third kappa shape index (κ3) is 3.02. The van der Waals surface area contributed by atoms with Crippen LogP contribution in [0.25, 0.3) is 0 Å². The maximum absolute atomic E-state index is 11.5. The highest BCUT2D eigenvalue weighted by atomic mass is 16.5. The minimum Gasteiger partial charge on any atom is -0.477 e. The number of Topliss-reactive ketones (excluding diaryl/α,β-unsaturated/α-hetero) is 1. The molecular formula is C16H23NO4. The van der Waals surface area contributed by atoms with E-state index in [4.69, 9.17) is 4.74 Å². The fourth-order valence-corrected chi connectivity index (χ4v) is 3.13. The first kappa shape index (κ1) is 15.8. The van der Waals surface area contributed by atoms with E-state index in [9.17, 15) is 14.7 Å². The number of ketones is 1. The van der Waals surface area contributed by atoms with Crippen molar-refractivity contribution in [3.8, 4) is 0 Å². The normalized spacial score (nSPS) is 21.2. The Kier molecular flexibility index (Phi) is 4.52. The number of aromatic nitrogens is 1. The Morgan fingerprint density at radius 2 is 2.10 bits per heavy atom. The second kappa shape index (κ2) is 6.02. The number of rotatable bonds is 5. The van der Waals surface area contributed by atoms with Gasteiger partial charge in [0.25, 0.3) is 0 Å². The van der Waals surface area contributed by atoms with Crippen LogP contribution in [0.15, 0.2) is 12.3 Å². The second-order valence-electron chi connectivity index (χ2n) is 5.77. The molecule has 1 aromatic heterocycles. The molecule has 0 aromatic carbocycles. The van der Waals surface area contributed by atoms with E-state index in [1.54, 1.807) is 10.8 Å². The van der Waals surface area contributed by atoms with E-state index in [2.05, 4.69) is 13.8 Å². The molecule has 0 spiro atoms. The average molecular weight is 293 g/mol. The molecule has 0 radical (unpaired) electrons. The highest BCUT2D eigenvalue weighted by molar-refractivity contribution is 5.97. The van der Waals surface area contributed by atoms with Gasteiger partial charge in [-0.25, -0.2) is 4.79 Å². The largest absolute Gasteiger partial charge is 0.477 e. The van der Waals surface area contributed by atoms with Crippen molar-refractivity contribution in [3.63, 3.8) is 0 Å². The molecule has 1 unspecified atom stereocenters. The number of carbonyl (C=O) groups excluding carboxylic acids is 1. The molecule has 1 aliphatic heterocycles. The molecule has 0 aliphatic carbocycles. The van der Waals surface area contributed by atoms with Crippen molar-refractivity contribution >= 4 is 11.8 Å². The molecule has 5 heteroatoms. The van der Waals surface area contributed by atoms with Crippen molar-refractivity contribution in [2.75, 3.05) is 6.61 Å². The monoisotopic (exact) mass is 293 g/mol. The first-order chi connectivity index (χ1) is 9.92. The lowest BCUT2D eigenvalue weighted by Crippen LogP contribution is -2.39. The minimum atomic E-state index is -0.993. The summed E-state index contributed by atoms with van der Waals surface area (Å²) in [7, 11) is 0. The Hall–Kier alpha value is -1.62. The Morgan fingerprint density at radius 3 is 2.62 bits per heavy atom. The van der Waals surface area contributed by atoms with Crippen LogP contribution in [0.5, 0.6) is 0 Å². The summed E-state index contributed by atoms with van der Waals surface area (Å²) in [6.45, 7) is 6.28. The molecule has 0 saturated carbocycles. The van der Waals surface area contributed by atoms with Crippen molar-refractivity contribution < 1.29 is 19.4 Å². The van der Waals surface area contributed by atoms with Gasteiger partial charge in [-0.1, -0.05) is 13.8 Å². The van der Waals surface area contributed by atoms with E-state index >= 15 is 0 Å². The van der Waals surface area contributed by atoms with Crippen LogP contribution in [0.4, 0.5) is 0 Å². The van der Waals surface area contributed by atoms with Crippen molar-refractivity contribution in [3.05, 3.63) is 23.5 Å². The van der Waals surface area contributed by atoms with Gasteiger partial charge in [0.2, 0.25) is 0 Å². The molecule has 1 N–H and O–H groups in total. The van der Waals surface area contributed by atoms with Crippen LogP contribution in [0.2, 0.25) is 0 Å². The summed E-state index contributed by atoms with van der Waals surface area (Å²) in [5.41, 5.74) is 0.463. The van der Waals surface area contributed by atoms with E-state index < -0.39 is 5.97 Å². The van der Waals surface area contributed by atoms with Gasteiger partial charge < -0.3 is 14.4 Å². The van der Waals surface area contributed by atoms with Crippen LogP contribution < -0.4 is 0 Å². The molecule has 0 amide bonds. The molecule has 21 heavy (non-hydrogen) atoms. The van der Waals surface area contributed by atoms with Gasteiger partial charge in [-0.15, -0.1) is 0 Å². The fraction of sp³-hybridized carbons (Fsp3) is 0.625. The van der Waals surface area contributed by atoms with E-state index in [0.29, 0.717) is 12.2 Å². The quantitative estimate of drug-likeness (QED) is 0.846. The number of carboxylic acids is 1. The van der Waals surface area contributed by atoms with Crippen LogP contribution in [0.1, 0.15) is 73.3 Å². The fourth-order valence-electron chi connectivity index (χ4n) is 3.13. The molecule has 1 aromatic rings. The molecule has 0 bridgehead atoms. The lowest BCUT2D eigenvalue weighted by molar-refractivity contribution is -0.0989. The van der Waals surface area contributed by atoms with Crippen molar-refractivity contribution in [1.82, 2.24) is 4.57 Å². The van der Waals surface area contributed by atoms with E-state index in [-0.39, 0.29) is 23.1 Å². The summed E-state index contributed by atoms with van der Waals surface area (Å²) < 4.78 is 7.69. The smallest absolute Gasteiger partial charge is 0.352 e. The lowest BCUT2D eigenvalue weighted by Gasteiger charge is -2.40. The van der Waals surface area contributed by atoms with Gasteiger partial charge in [-0.3, -0.25) is 4.79 Å². The number of hydrogen-bond donors (Lipinski definition) is 1. The van der Waals surface area contributed by atoms with Gasteiger partial charge in [-0.2, -0.15) is 0 Å². The summed E-state index contributed by atoms with van der Waals surface area (Å²) in [4.78, 5) is 23.0. The van der Waals surface area contributed by atoms with E-state index in [0.717, 1.165) is 25.7 Å². The van der Waals surface area contributed by atoms with Crippen LogP contribution in [-0.2, 0) is 4.74 Å². The van der Waals surface area contributed by atoms with Gasteiger partial charge in [0.05, 0.1) is 5.60 Å². The van der Waals surface area contributed by atoms with Crippen LogP contribution in [-0.4, -0.2) is 33.6 Å². The Balaban J connectivity index is 2.36. The van der Waals surface area contributed by atoms with Crippen LogP contribution in [0.3, 0.4) is 0 Å². The predicted octanol–water partition coefficient (Wildman–Crippen LogP) is 3.30. The first-order valence-electron chi connectivity index (χ1n) is 7.52. The topological polar surface area (TPSA) is 68.5 Å². The Morgan fingerprint density at radius 1 is 1.43 bits per heavy atom. The number of carbonyl (C=O) groups is 2. The summed E-state index contributed by atoms with van der Waals surface area (Å²) in [6.07, 6.45) is 5.05. The molecule has 1 atom stereocenters. The maximum atomic E-state index is 11.5.